The molecule has 1 aromatic rings. The Morgan fingerprint density at radius 1 is 1.35 bits per heavy atom. The fourth-order valence-electron chi connectivity index (χ4n) is 2.31. The van der Waals surface area contributed by atoms with Crippen LogP contribution in [0.1, 0.15) is 13.3 Å². The van der Waals surface area contributed by atoms with E-state index in [1.807, 2.05) is 0 Å². The number of hydrogen-bond acceptors (Lipinski definition) is 5. The van der Waals surface area contributed by atoms with Crippen LogP contribution in [0.25, 0.3) is 0 Å². The van der Waals surface area contributed by atoms with Crippen LogP contribution in [-0.2, 0) is 9.59 Å². The summed E-state index contributed by atoms with van der Waals surface area (Å²) in [5.41, 5.74) is 0.582. The fourth-order valence-corrected chi connectivity index (χ4v) is 2.31. The molecule has 1 aliphatic carbocycles. The number of carbonyl (C=O) groups excluding carboxylic acids is 2. The summed E-state index contributed by atoms with van der Waals surface area (Å²) >= 11 is 0. The molecule has 1 heterocycles. The molecule has 0 saturated heterocycles. The Morgan fingerprint density at radius 3 is 2.80 bits per heavy atom. The molecular formula is C14H11NO5. The monoisotopic (exact) mass is 273 g/mol. The van der Waals surface area contributed by atoms with Gasteiger partial charge in [0, 0.05) is 19.1 Å². The molecule has 1 amide bonds. The van der Waals surface area contributed by atoms with Crippen molar-refractivity contribution >= 4 is 17.4 Å². The first-order valence-corrected chi connectivity index (χ1v) is 5.96. The molecule has 0 saturated carbocycles. The number of allylic oxidation sites excluding steroid dienone is 2. The Kier molecular flexibility index (Phi) is 2.53. The largest absolute Gasteiger partial charge is 0.509 e. The highest BCUT2D eigenvalue weighted by molar-refractivity contribution is 6.02. The van der Waals surface area contributed by atoms with Crippen molar-refractivity contribution in [1.82, 2.24) is 0 Å². The number of ketones is 1. The molecule has 0 fully saturated rings. The summed E-state index contributed by atoms with van der Waals surface area (Å²) in [6.45, 7) is 1.34. The SMILES string of the molecule is CC(=O)N1C2=C(O)CC(=O)C=C2Oc2cc(O)ccc21. The average Bonchev–Trinajstić information content (AvgIpc) is 2.35. The maximum Gasteiger partial charge on any atom is 0.228 e. The molecule has 0 aromatic heterocycles. The van der Waals surface area contributed by atoms with E-state index < -0.39 is 0 Å². The highest BCUT2D eigenvalue weighted by Gasteiger charge is 2.35. The smallest absolute Gasteiger partial charge is 0.228 e. The number of rotatable bonds is 0. The van der Waals surface area contributed by atoms with Crippen molar-refractivity contribution in [2.45, 2.75) is 13.3 Å². The Balaban J connectivity index is 2.26. The Bertz CT molecular complexity index is 702. The van der Waals surface area contributed by atoms with E-state index in [2.05, 4.69) is 0 Å². The molecule has 2 N–H and O–H groups in total. The van der Waals surface area contributed by atoms with Crippen LogP contribution >= 0.6 is 0 Å². The predicted octanol–water partition coefficient (Wildman–Crippen LogP) is 1.76. The van der Waals surface area contributed by atoms with Gasteiger partial charge in [0.15, 0.2) is 17.3 Å². The van der Waals surface area contributed by atoms with Crippen LogP contribution in [-0.4, -0.2) is 21.9 Å². The van der Waals surface area contributed by atoms with Gasteiger partial charge in [-0.15, -0.1) is 0 Å². The van der Waals surface area contributed by atoms with Crippen molar-refractivity contribution in [3.05, 3.63) is 41.5 Å². The molecule has 0 unspecified atom stereocenters. The number of fused-ring (bicyclic) bond motifs is 2. The van der Waals surface area contributed by atoms with Crippen LogP contribution in [0, 0.1) is 0 Å². The molecule has 102 valence electrons. The molecule has 3 rings (SSSR count). The van der Waals surface area contributed by atoms with E-state index in [0.29, 0.717) is 5.69 Å². The molecule has 0 spiro atoms. The first-order chi connectivity index (χ1) is 9.47. The zero-order valence-corrected chi connectivity index (χ0v) is 10.6. The summed E-state index contributed by atoms with van der Waals surface area (Å²) < 4.78 is 5.51. The van der Waals surface area contributed by atoms with Crippen LogP contribution in [0.4, 0.5) is 5.69 Å². The van der Waals surface area contributed by atoms with Gasteiger partial charge in [0.05, 0.1) is 12.1 Å². The third kappa shape index (κ3) is 1.73. The van der Waals surface area contributed by atoms with Crippen LogP contribution in [0.15, 0.2) is 41.5 Å². The van der Waals surface area contributed by atoms with E-state index in [1.54, 1.807) is 0 Å². The van der Waals surface area contributed by atoms with Gasteiger partial charge < -0.3 is 14.9 Å². The van der Waals surface area contributed by atoms with Gasteiger partial charge >= 0.3 is 0 Å². The number of amides is 1. The Hall–Kier alpha value is -2.76. The van der Waals surface area contributed by atoms with Gasteiger partial charge in [-0.1, -0.05) is 0 Å². The van der Waals surface area contributed by atoms with Crippen molar-refractivity contribution in [2.24, 2.45) is 0 Å². The summed E-state index contributed by atoms with van der Waals surface area (Å²) in [6.07, 6.45) is 1.07. The lowest BCUT2D eigenvalue weighted by atomic mass is 10.0. The van der Waals surface area contributed by atoms with E-state index in [1.165, 1.54) is 36.1 Å². The number of phenols is 1. The summed E-state index contributed by atoms with van der Waals surface area (Å²) in [5.74, 6) is -0.520. The van der Waals surface area contributed by atoms with Crippen LogP contribution in [0.2, 0.25) is 0 Å². The molecule has 2 aliphatic rings. The molecule has 1 aromatic carbocycles. The minimum atomic E-state index is -0.331. The Morgan fingerprint density at radius 2 is 2.10 bits per heavy atom. The number of hydrogen-bond donors (Lipinski definition) is 2. The minimum absolute atomic E-state index is 0.0216. The highest BCUT2D eigenvalue weighted by atomic mass is 16.5. The van der Waals surface area contributed by atoms with Gasteiger partial charge in [-0.2, -0.15) is 0 Å². The van der Waals surface area contributed by atoms with Crippen molar-refractivity contribution in [3.63, 3.8) is 0 Å². The van der Waals surface area contributed by atoms with Crippen LogP contribution in [0.3, 0.4) is 0 Å². The topological polar surface area (TPSA) is 87.1 Å². The van der Waals surface area contributed by atoms with E-state index in [-0.39, 0.29) is 46.8 Å². The average molecular weight is 273 g/mol. The van der Waals surface area contributed by atoms with Gasteiger partial charge in [0.25, 0.3) is 0 Å². The number of aliphatic hydroxyl groups excluding tert-OH is 1. The van der Waals surface area contributed by atoms with Crippen molar-refractivity contribution in [1.29, 1.82) is 0 Å². The van der Waals surface area contributed by atoms with E-state index in [4.69, 9.17) is 4.74 Å². The third-order valence-corrected chi connectivity index (χ3v) is 3.08. The van der Waals surface area contributed by atoms with Gasteiger partial charge in [-0.25, -0.2) is 0 Å². The lowest BCUT2D eigenvalue weighted by Crippen LogP contribution is -2.36. The van der Waals surface area contributed by atoms with E-state index in [0.717, 1.165) is 0 Å². The second kappa shape index (κ2) is 4.12. The molecule has 0 atom stereocenters. The first kappa shape index (κ1) is 12.3. The number of ether oxygens (including phenoxy) is 1. The molecule has 0 radical (unpaired) electrons. The van der Waals surface area contributed by atoms with Crippen molar-refractivity contribution in [2.75, 3.05) is 4.90 Å². The zero-order chi connectivity index (χ0) is 14.4. The number of carbonyl (C=O) groups is 2. The molecule has 0 bridgehead atoms. The van der Waals surface area contributed by atoms with Crippen LogP contribution < -0.4 is 9.64 Å². The molecule has 6 heteroatoms. The number of aromatic hydroxyl groups is 1. The number of nitrogens with zero attached hydrogens (tertiary/aromatic N) is 1. The lowest BCUT2D eigenvalue weighted by Gasteiger charge is -2.34. The zero-order valence-electron chi connectivity index (χ0n) is 10.6. The molecular weight excluding hydrogens is 262 g/mol. The van der Waals surface area contributed by atoms with Crippen molar-refractivity contribution in [3.8, 4) is 11.5 Å². The maximum atomic E-state index is 11.9. The Labute approximate surface area is 114 Å². The highest BCUT2D eigenvalue weighted by Crippen LogP contribution is 2.43. The summed E-state index contributed by atoms with van der Waals surface area (Å²) in [4.78, 5) is 24.6. The predicted molar refractivity (Wildman–Crippen MR) is 69.3 cm³/mol. The van der Waals surface area contributed by atoms with Gasteiger partial charge in [-0.05, 0) is 12.1 Å². The van der Waals surface area contributed by atoms with Gasteiger partial charge in [0.1, 0.15) is 17.2 Å². The lowest BCUT2D eigenvalue weighted by molar-refractivity contribution is -0.117. The second-order valence-corrected chi connectivity index (χ2v) is 4.56. The van der Waals surface area contributed by atoms with E-state index in [9.17, 15) is 19.8 Å². The third-order valence-electron chi connectivity index (χ3n) is 3.08. The first-order valence-electron chi connectivity index (χ1n) is 5.96. The van der Waals surface area contributed by atoms with E-state index >= 15 is 0 Å². The second-order valence-electron chi connectivity index (χ2n) is 4.56. The summed E-state index contributed by atoms with van der Waals surface area (Å²) in [6, 6.07) is 4.27. The normalized spacial score (nSPS) is 17.1. The number of aliphatic hydroxyl groups is 1. The van der Waals surface area contributed by atoms with Crippen LogP contribution in [0.5, 0.6) is 11.5 Å². The maximum absolute atomic E-state index is 11.9. The quantitative estimate of drug-likeness (QED) is 0.752. The molecule has 1 aliphatic heterocycles. The van der Waals surface area contributed by atoms with Crippen molar-refractivity contribution < 1.29 is 24.5 Å². The molecule has 6 nitrogen and oxygen atoms in total. The summed E-state index contributed by atoms with van der Waals surface area (Å²) in [5, 5.41) is 19.5. The number of benzene rings is 1. The number of anilines is 1. The minimum Gasteiger partial charge on any atom is -0.509 e. The molecule has 20 heavy (non-hydrogen) atoms. The fraction of sp³-hybridized carbons (Fsp3) is 0.143. The van der Waals surface area contributed by atoms with Gasteiger partial charge in [0.2, 0.25) is 5.91 Å². The standard InChI is InChI=1S/C14H11NO5/c1-7(16)15-10-3-2-8(17)5-12(10)20-13-6-9(18)4-11(19)14(13)15/h2-3,5-6,17,19H,4H2,1H3. The van der Waals surface area contributed by atoms with Gasteiger partial charge in [-0.3, -0.25) is 14.5 Å². The number of phenolic OH excluding ortho intramolecular Hbond substituents is 1. The summed E-state index contributed by atoms with van der Waals surface area (Å²) in [7, 11) is 0.